The molecule has 0 bridgehead atoms. The van der Waals surface area contributed by atoms with Crippen LogP contribution in [0.2, 0.25) is 0 Å². The molecule has 2 aromatic rings. The third-order valence-electron chi connectivity index (χ3n) is 4.14. The van der Waals surface area contributed by atoms with Crippen LogP contribution >= 0.6 is 12.2 Å². The summed E-state index contributed by atoms with van der Waals surface area (Å²) >= 11 is 5.26. The maximum Gasteiger partial charge on any atom is 0.261 e. The van der Waals surface area contributed by atoms with E-state index in [1.807, 2.05) is 43.3 Å². The molecule has 0 aliphatic carbocycles. The van der Waals surface area contributed by atoms with Crippen molar-refractivity contribution in [1.82, 2.24) is 5.32 Å². The van der Waals surface area contributed by atoms with E-state index in [0.717, 1.165) is 30.0 Å². The van der Waals surface area contributed by atoms with E-state index in [4.69, 9.17) is 17.0 Å². The number of nitrogens with zero attached hydrogens (tertiary/aromatic N) is 1. The van der Waals surface area contributed by atoms with Crippen molar-refractivity contribution in [2.75, 3.05) is 30.4 Å². The van der Waals surface area contributed by atoms with Crippen molar-refractivity contribution < 1.29 is 9.53 Å². The first-order valence-electron chi connectivity index (χ1n) is 8.61. The summed E-state index contributed by atoms with van der Waals surface area (Å²) in [7, 11) is 1.55. The molecule has 0 aromatic heterocycles. The van der Waals surface area contributed by atoms with Crippen LogP contribution in [0.1, 0.15) is 29.8 Å². The van der Waals surface area contributed by atoms with E-state index in [-0.39, 0.29) is 11.0 Å². The van der Waals surface area contributed by atoms with Crippen LogP contribution in [0.3, 0.4) is 0 Å². The van der Waals surface area contributed by atoms with Gasteiger partial charge in [0.2, 0.25) is 0 Å². The number of thiocarbonyl (C=S) groups is 1. The monoisotopic (exact) mass is 371 g/mol. The maximum absolute atomic E-state index is 12.5. The number of methoxy groups -OCH3 is 1. The van der Waals surface area contributed by atoms with Gasteiger partial charge < -0.3 is 15.0 Å². The van der Waals surface area contributed by atoms with Crippen LogP contribution in [-0.4, -0.2) is 31.2 Å². The number of carbonyl (C=O) groups excluding carboxylic acids is 1. The zero-order valence-electron chi connectivity index (χ0n) is 15.6. The highest BCUT2D eigenvalue weighted by Gasteiger charge is 2.15. The number of nitrogens with one attached hydrogen (secondary N) is 2. The smallest absolute Gasteiger partial charge is 0.261 e. The second-order valence-corrected chi connectivity index (χ2v) is 6.19. The summed E-state index contributed by atoms with van der Waals surface area (Å²) in [5.41, 5.74) is 3.32. The Hall–Kier alpha value is -2.60. The molecular formula is C20H25N3O2S. The first-order chi connectivity index (χ1) is 12.5. The van der Waals surface area contributed by atoms with Crippen molar-refractivity contribution in [3.8, 4) is 5.75 Å². The summed E-state index contributed by atoms with van der Waals surface area (Å²) in [6, 6.07) is 13.4. The number of amides is 1. The Kier molecular flexibility index (Phi) is 6.97. The highest BCUT2D eigenvalue weighted by molar-refractivity contribution is 7.80. The van der Waals surface area contributed by atoms with E-state index in [9.17, 15) is 4.79 Å². The molecule has 0 heterocycles. The van der Waals surface area contributed by atoms with Gasteiger partial charge in [-0.3, -0.25) is 10.1 Å². The number of aryl methyl sites for hydroxylation is 1. The number of ether oxygens (including phenoxy) is 1. The van der Waals surface area contributed by atoms with Crippen LogP contribution in [-0.2, 0) is 0 Å². The van der Waals surface area contributed by atoms with Gasteiger partial charge in [-0.25, -0.2) is 0 Å². The zero-order valence-corrected chi connectivity index (χ0v) is 16.4. The number of para-hydroxylation sites is 1. The lowest BCUT2D eigenvalue weighted by atomic mass is 10.1. The summed E-state index contributed by atoms with van der Waals surface area (Å²) in [5, 5.41) is 5.98. The molecule has 0 saturated carbocycles. The molecule has 2 N–H and O–H groups in total. The minimum Gasteiger partial charge on any atom is -0.496 e. The number of carbonyl (C=O) groups is 1. The quantitative estimate of drug-likeness (QED) is 0.753. The second kappa shape index (κ2) is 9.20. The Balaban J connectivity index is 2.03. The van der Waals surface area contributed by atoms with Crippen LogP contribution < -0.4 is 20.3 Å². The minimum absolute atomic E-state index is 0.245. The normalized spacial score (nSPS) is 10.2. The van der Waals surface area contributed by atoms with E-state index >= 15 is 0 Å². The van der Waals surface area contributed by atoms with Gasteiger partial charge in [-0.15, -0.1) is 0 Å². The Morgan fingerprint density at radius 2 is 1.77 bits per heavy atom. The molecule has 0 fully saturated rings. The van der Waals surface area contributed by atoms with Gasteiger partial charge >= 0.3 is 0 Å². The third-order valence-corrected chi connectivity index (χ3v) is 4.35. The van der Waals surface area contributed by atoms with Gasteiger partial charge in [-0.05, 0) is 68.9 Å². The molecule has 138 valence electrons. The van der Waals surface area contributed by atoms with Crippen LogP contribution in [0.15, 0.2) is 42.5 Å². The molecule has 2 aromatic carbocycles. The molecule has 0 atom stereocenters. The van der Waals surface area contributed by atoms with Gasteiger partial charge in [0, 0.05) is 24.5 Å². The highest BCUT2D eigenvalue weighted by Crippen LogP contribution is 2.23. The lowest BCUT2D eigenvalue weighted by Gasteiger charge is -2.21. The maximum atomic E-state index is 12.5. The molecular weight excluding hydrogens is 346 g/mol. The Morgan fingerprint density at radius 1 is 1.12 bits per heavy atom. The largest absolute Gasteiger partial charge is 0.496 e. The molecule has 26 heavy (non-hydrogen) atoms. The molecule has 0 radical (unpaired) electrons. The summed E-state index contributed by atoms with van der Waals surface area (Å²) in [6.07, 6.45) is 0. The molecule has 0 aliphatic heterocycles. The third kappa shape index (κ3) is 4.73. The van der Waals surface area contributed by atoms with Crippen molar-refractivity contribution in [1.29, 1.82) is 0 Å². The molecule has 0 aliphatic rings. The van der Waals surface area contributed by atoms with E-state index in [1.54, 1.807) is 13.2 Å². The summed E-state index contributed by atoms with van der Waals surface area (Å²) in [4.78, 5) is 14.7. The fraction of sp³-hybridized carbons (Fsp3) is 0.300. The van der Waals surface area contributed by atoms with Crippen LogP contribution in [0.5, 0.6) is 5.75 Å². The molecule has 0 saturated heterocycles. The van der Waals surface area contributed by atoms with Crippen molar-refractivity contribution in [2.45, 2.75) is 20.8 Å². The van der Waals surface area contributed by atoms with Crippen molar-refractivity contribution >= 4 is 34.6 Å². The number of anilines is 2. The zero-order chi connectivity index (χ0) is 19.1. The van der Waals surface area contributed by atoms with Gasteiger partial charge in [0.1, 0.15) is 5.75 Å². The predicted octanol–water partition coefficient (Wildman–Crippen LogP) is 3.98. The SMILES string of the molecule is CCN(CC)c1ccc(NC(=S)NC(=O)c2cccc(C)c2OC)cc1. The van der Waals surface area contributed by atoms with Gasteiger partial charge in [-0.1, -0.05) is 12.1 Å². The van der Waals surface area contributed by atoms with Gasteiger partial charge in [-0.2, -0.15) is 0 Å². The molecule has 5 nitrogen and oxygen atoms in total. The number of hydrogen-bond donors (Lipinski definition) is 2. The topological polar surface area (TPSA) is 53.6 Å². The lowest BCUT2D eigenvalue weighted by Crippen LogP contribution is -2.34. The molecule has 0 spiro atoms. The molecule has 6 heteroatoms. The summed E-state index contributed by atoms with van der Waals surface area (Å²) in [5.74, 6) is 0.249. The Bertz CT molecular complexity index is 771. The first kappa shape index (κ1) is 19.7. The Labute approximate surface area is 160 Å². The molecule has 1 amide bonds. The summed E-state index contributed by atoms with van der Waals surface area (Å²) < 4.78 is 5.32. The van der Waals surface area contributed by atoms with Crippen molar-refractivity contribution in [3.63, 3.8) is 0 Å². The standard InChI is InChI=1S/C20H25N3O2S/c1-5-23(6-2)16-12-10-15(11-13-16)21-20(26)22-19(24)17-9-7-8-14(3)18(17)25-4/h7-13H,5-6H2,1-4H3,(H2,21,22,24,26). The van der Waals surface area contributed by atoms with Gasteiger partial charge in [0.25, 0.3) is 5.91 Å². The van der Waals surface area contributed by atoms with E-state index in [1.165, 1.54) is 0 Å². The average Bonchev–Trinajstić information content (AvgIpc) is 2.63. The van der Waals surface area contributed by atoms with Crippen molar-refractivity contribution in [3.05, 3.63) is 53.6 Å². The lowest BCUT2D eigenvalue weighted by molar-refractivity contribution is 0.0974. The van der Waals surface area contributed by atoms with Gasteiger partial charge in [0.05, 0.1) is 12.7 Å². The van der Waals surface area contributed by atoms with E-state index in [2.05, 4.69) is 29.4 Å². The second-order valence-electron chi connectivity index (χ2n) is 5.78. The average molecular weight is 372 g/mol. The van der Waals surface area contributed by atoms with Gasteiger partial charge in [0.15, 0.2) is 5.11 Å². The highest BCUT2D eigenvalue weighted by atomic mass is 32.1. The van der Waals surface area contributed by atoms with Crippen LogP contribution in [0, 0.1) is 6.92 Å². The fourth-order valence-corrected chi connectivity index (χ4v) is 2.99. The number of rotatable bonds is 6. The van der Waals surface area contributed by atoms with Crippen LogP contribution in [0.4, 0.5) is 11.4 Å². The fourth-order valence-electron chi connectivity index (χ4n) is 2.78. The number of hydrogen-bond acceptors (Lipinski definition) is 4. The minimum atomic E-state index is -0.303. The molecule has 0 unspecified atom stereocenters. The Morgan fingerprint density at radius 3 is 2.35 bits per heavy atom. The van der Waals surface area contributed by atoms with E-state index in [0.29, 0.717) is 11.3 Å². The molecule has 2 rings (SSSR count). The summed E-state index contributed by atoms with van der Waals surface area (Å²) in [6.45, 7) is 8.05. The number of benzene rings is 2. The first-order valence-corrected chi connectivity index (χ1v) is 9.01. The van der Waals surface area contributed by atoms with Crippen LogP contribution in [0.25, 0.3) is 0 Å². The van der Waals surface area contributed by atoms with E-state index < -0.39 is 0 Å². The predicted molar refractivity (Wildman–Crippen MR) is 111 cm³/mol. The van der Waals surface area contributed by atoms with Crippen molar-refractivity contribution in [2.24, 2.45) is 0 Å².